The van der Waals surface area contributed by atoms with Gasteiger partial charge in [0.25, 0.3) is 0 Å². The second kappa shape index (κ2) is 6.66. The number of nitrogens with one attached hydrogen (secondary N) is 2. The van der Waals surface area contributed by atoms with E-state index in [9.17, 15) is 5.11 Å². The van der Waals surface area contributed by atoms with Crippen molar-refractivity contribution in [2.75, 3.05) is 6.54 Å². The smallest absolute Gasteiger partial charge is 0.115 e. The lowest BCUT2D eigenvalue weighted by Crippen LogP contribution is -2.59. The van der Waals surface area contributed by atoms with Gasteiger partial charge in [0.1, 0.15) is 5.75 Å². The van der Waals surface area contributed by atoms with Crippen molar-refractivity contribution in [3.05, 3.63) is 65.4 Å². The van der Waals surface area contributed by atoms with Crippen LogP contribution in [0.5, 0.6) is 5.75 Å². The third-order valence-corrected chi connectivity index (χ3v) is 7.56. The Kier molecular flexibility index (Phi) is 4.24. The Labute approximate surface area is 167 Å². The molecule has 2 aliphatic rings. The van der Waals surface area contributed by atoms with Crippen LogP contribution in [-0.2, 0) is 18.3 Å². The molecule has 28 heavy (non-hydrogen) atoms. The molecule has 2 aromatic carbocycles. The zero-order chi connectivity index (χ0) is 19.3. The molecular formula is C25H30N2O. The fraction of sp³-hybridized carbons (Fsp3) is 0.440. The first-order valence-electron chi connectivity index (χ1n) is 10.7. The summed E-state index contributed by atoms with van der Waals surface area (Å²) < 4.78 is 0. The molecule has 2 bridgehead atoms. The van der Waals surface area contributed by atoms with E-state index in [0.29, 0.717) is 17.7 Å². The Balaban J connectivity index is 1.39. The molecule has 1 unspecified atom stereocenters. The largest absolute Gasteiger partial charge is 0.508 e. The van der Waals surface area contributed by atoms with Gasteiger partial charge in [0.15, 0.2) is 0 Å². The Morgan fingerprint density at radius 3 is 2.96 bits per heavy atom. The first kappa shape index (κ1) is 17.8. The van der Waals surface area contributed by atoms with E-state index in [1.807, 2.05) is 12.1 Å². The molecule has 2 aliphatic carbocycles. The van der Waals surface area contributed by atoms with Crippen LogP contribution in [0.15, 0.2) is 48.7 Å². The molecule has 146 valence electrons. The maximum Gasteiger partial charge on any atom is 0.115 e. The van der Waals surface area contributed by atoms with Crippen LogP contribution < -0.4 is 5.32 Å². The number of H-pyrrole nitrogens is 1. The molecule has 1 aromatic heterocycles. The van der Waals surface area contributed by atoms with Crippen LogP contribution in [-0.4, -0.2) is 22.7 Å². The van der Waals surface area contributed by atoms with Crippen LogP contribution in [0.1, 0.15) is 43.4 Å². The first-order chi connectivity index (χ1) is 13.6. The number of phenolic OH excluding ortho intramolecular Hbond substituents is 1. The van der Waals surface area contributed by atoms with E-state index in [1.54, 1.807) is 0 Å². The summed E-state index contributed by atoms with van der Waals surface area (Å²) in [6.07, 6.45) is 6.77. The van der Waals surface area contributed by atoms with Crippen LogP contribution in [0.25, 0.3) is 10.9 Å². The van der Waals surface area contributed by atoms with E-state index in [4.69, 9.17) is 0 Å². The second-order valence-electron chi connectivity index (χ2n) is 9.18. The highest BCUT2D eigenvalue weighted by Crippen LogP contribution is 2.51. The third kappa shape index (κ3) is 2.76. The molecule has 3 nitrogen and oxygen atoms in total. The molecule has 5 rings (SSSR count). The van der Waals surface area contributed by atoms with Gasteiger partial charge in [0, 0.05) is 28.6 Å². The molecule has 0 radical (unpaired) electrons. The molecule has 0 amide bonds. The van der Waals surface area contributed by atoms with Crippen molar-refractivity contribution in [2.45, 2.75) is 51.0 Å². The van der Waals surface area contributed by atoms with Gasteiger partial charge in [0.05, 0.1) is 0 Å². The van der Waals surface area contributed by atoms with Gasteiger partial charge in [-0.3, -0.25) is 0 Å². The number of aromatic hydroxyl groups is 1. The van der Waals surface area contributed by atoms with Gasteiger partial charge in [-0.1, -0.05) is 38.1 Å². The van der Waals surface area contributed by atoms with E-state index >= 15 is 0 Å². The average molecular weight is 375 g/mol. The number of fused-ring (bicyclic) bond motifs is 5. The second-order valence-corrected chi connectivity index (χ2v) is 9.18. The van der Waals surface area contributed by atoms with Gasteiger partial charge in [-0.25, -0.2) is 0 Å². The predicted molar refractivity (Wildman–Crippen MR) is 115 cm³/mol. The van der Waals surface area contributed by atoms with Crippen molar-refractivity contribution < 1.29 is 5.11 Å². The molecular weight excluding hydrogens is 344 g/mol. The Bertz CT molecular complexity index is 1010. The van der Waals surface area contributed by atoms with Gasteiger partial charge < -0.3 is 15.4 Å². The summed E-state index contributed by atoms with van der Waals surface area (Å²) in [6, 6.07) is 15.0. The van der Waals surface area contributed by atoms with E-state index in [-0.39, 0.29) is 5.41 Å². The van der Waals surface area contributed by atoms with Crippen molar-refractivity contribution in [1.29, 1.82) is 0 Å². The van der Waals surface area contributed by atoms with E-state index in [0.717, 1.165) is 25.3 Å². The molecule has 1 heterocycles. The van der Waals surface area contributed by atoms with Gasteiger partial charge in [-0.2, -0.15) is 0 Å². The summed E-state index contributed by atoms with van der Waals surface area (Å²) in [5, 5.41) is 15.4. The minimum atomic E-state index is 0.101. The van der Waals surface area contributed by atoms with Gasteiger partial charge in [-0.15, -0.1) is 0 Å². The van der Waals surface area contributed by atoms with Crippen molar-refractivity contribution in [2.24, 2.45) is 11.8 Å². The van der Waals surface area contributed by atoms with Crippen LogP contribution in [0.3, 0.4) is 0 Å². The van der Waals surface area contributed by atoms with Crippen molar-refractivity contribution in [3.63, 3.8) is 0 Å². The molecule has 3 aromatic rings. The maximum absolute atomic E-state index is 10.1. The summed E-state index contributed by atoms with van der Waals surface area (Å²) in [4.78, 5) is 3.39. The van der Waals surface area contributed by atoms with Crippen molar-refractivity contribution in [1.82, 2.24) is 10.3 Å². The fourth-order valence-electron chi connectivity index (χ4n) is 5.92. The fourth-order valence-corrected chi connectivity index (χ4v) is 5.92. The summed E-state index contributed by atoms with van der Waals surface area (Å²) in [5.74, 6) is 1.80. The van der Waals surface area contributed by atoms with Crippen LogP contribution >= 0.6 is 0 Å². The normalized spacial score (nSPS) is 29.0. The number of para-hydroxylation sites is 1. The van der Waals surface area contributed by atoms with Gasteiger partial charge in [0.2, 0.25) is 0 Å². The monoisotopic (exact) mass is 374 g/mol. The Hall–Kier alpha value is -2.26. The maximum atomic E-state index is 10.1. The number of benzene rings is 2. The minimum absolute atomic E-state index is 0.101. The van der Waals surface area contributed by atoms with Gasteiger partial charge in [-0.05, 0) is 79.0 Å². The highest BCUT2D eigenvalue weighted by atomic mass is 16.3. The lowest BCUT2D eigenvalue weighted by Gasteiger charge is -2.54. The van der Waals surface area contributed by atoms with E-state index in [2.05, 4.69) is 60.7 Å². The molecule has 0 spiro atoms. The number of aromatic nitrogens is 1. The van der Waals surface area contributed by atoms with Crippen LogP contribution in [0.2, 0.25) is 0 Å². The SMILES string of the molecule is CC1CC[C@]2(C)c3cc(O)ccc3C[C@@H]1[C@H]2NCCc1c[nH]c2ccccc12. The lowest BCUT2D eigenvalue weighted by molar-refractivity contribution is 0.0933. The summed E-state index contributed by atoms with van der Waals surface area (Å²) >= 11 is 0. The number of hydrogen-bond donors (Lipinski definition) is 3. The predicted octanol–water partition coefficient (Wildman–Crippen LogP) is 4.93. The number of rotatable bonds is 4. The van der Waals surface area contributed by atoms with E-state index in [1.165, 1.54) is 40.4 Å². The number of aromatic amines is 1. The number of phenols is 1. The quantitative estimate of drug-likeness (QED) is 0.606. The summed E-state index contributed by atoms with van der Waals surface area (Å²) in [6.45, 7) is 5.82. The highest BCUT2D eigenvalue weighted by Gasteiger charge is 2.49. The zero-order valence-corrected chi connectivity index (χ0v) is 16.8. The van der Waals surface area contributed by atoms with Crippen molar-refractivity contribution >= 4 is 10.9 Å². The lowest BCUT2D eigenvalue weighted by atomic mass is 9.54. The number of hydrogen-bond acceptors (Lipinski definition) is 2. The molecule has 4 atom stereocenters. The zero-order valence-electron chi connectivity index (χ0n) is 16.8. The summed E-state index contributed by atoms with van der Waals surface area (Å²) in [7, 11) is 0. The standard InChI is InChI=1S/C25H30N2O/c1-16-9-11-25(2)22-14-19(28)8-7-17(22)13-21(16)24(25)26-12-10-18-15-27-23-6-4-3-5-20(18)23/h3-8,14-16,21,24,26-28H,9-13H2,1-2H3/t16?,21-,24+,25+/m0/s1. The third-order valence-electron chi connectivity index (χ3n) is 7.56. The Morgan fingerprint density at radius 1 is 1.21 bits per heavy atom. The molecule has 3 heteroatoms. The summed E-state index contributed by atoms with van der Waals surface area (Å²) in [5.41, 5.74) is 5.51. The van der Waals surface area contributed by atoms with Gasteiger partial charge >= 0.3 is 0 Å². The Morgan fingerprint density at radius 2 is 2.07 bits per heavy atom. The van der Waals surface area contributed by atoms with Crippen molar-refractivity contribution in [3.8, 4) is 5.75 Å². The highest BCUT2D eigenvalue weighted by molar-refractivity contribution is 5.83. The molecule has 0 saturated heterocycles. The topological polar surface area (TPSA) is 48.0 Å². The van der Waals surface area contributed by atoms with E-state index < -0.39 is 0 Å². The molecule has 0 aliphatic heterocycles. The average Bonchev–Trinajstić information content (AvgIpc) is 3.10. The van der Waals surface area contributed by atoms with Crippen LogP contribution in [0.4, 0.5) is 0 Å². The molecule has 1 saturated carbocycles. The minimum Gasteiger partial charge on any atom is -0.508 e. The molecule has 1 fully saturated rings. The molecule has 3 N–H and O–H groups in total. The van der Waals surface area contributed by atoms with Crippen LogP contribution in [0, 0.1) is 11.8 Å². The first-order valence-corrected chi connectivity index (χ1v) is 10.7.